The van der Waals surface area contributed by atoms with Crippen molar-refractivity contribution in [2.45, 2.75) is 69.7 Å². The van der Waals surface area contributed by atoms with E-state index in [1.807, 2.05) is 13.8 Å². The number of hydrogen-bond donors (Lipinski definition) is 2. The largest absolute Gasteiger partial charge is 0.438 e. The molecule has 2 atom stereocenters. The monoisotopic (exact) mass is 293 g/mol. The molecule has 6 nitrogen and oxygen atoms in total. The van der Waals surface area contributed by atoms with Gasteiger partial charge in [-0.2, -0.15) is 0 Å². The fraction of sp³-hybridized carbons (Fsp3) is 0.733. The Morgan fingerprint density at radius 2 is 2.24 bits per heavy atom. The topological polar surface area (TPSA) is 82.4 Å². The number of hydrogen-bond acceptors (Lipinski definition) is 5. The van der Waals surface area contributed by atoms with E-state index in [4.69, 9.17) is 4.52 Å². The molecular formula is C15H23N3O3. The van der Waals surface area contributed by atoms with Gasteiger partial charge in [0.25, 0.3) is 0 Å². The Kier molecular flexibility index (Phi) is 3.33. The van der Waals surface area contributed by atoms with E-state index in [0.29, 0.717) is 5.82 Å². The number of rotatable bonds is 4. The Hall–Kier alpha value is -1.40. The Labute approximate surface area is 123 Å². The molecule has 0 amide bonds. The van der Waals surface area contributed by atoms with Gasteiger partial charge in [0, 0.05) is 5.54 Å². The van der Waals surface area contributed by atoms with Crippen LogP contribution < -0.4 is 5.76 Å². The van der Waals surface area contributed by atoms with Crippen LogP contribution in [0.1, 0.15) is 52.3 Å². The maximum absolute atomic E-state index is 11.3. The normalized spacial score (nSPS) is 31.0. The van der Waals surface area contributed by atoms with E-state index >= 15 is 0 Å². The van der Waals surface area contributed by atoms with Crippen molar-refractivity contribution in [3.63, 3.8) is 0 Å². The number of aromatic amines is 1. The molecule has 1 saturated carbocycles. The summed E-state index contributed by atoms with van der Waals surface area (Å²) in [6.07, 6.45) is 7.58. The molecule has 2 N–H and O–H groups in total. The van der Waals surface area contributed by atoms with Gasteiger partial charge in [0.05, 0.1) is 17.7 Å². The van der Waals surface area contributed by atoms with Crippen LogP contribution in [0.2, 0.25) is 0 Å². The Balaban J connectivity index is 1.98. The molecule has 0 radical (unpaired) electrons. The van der Waals surface area contributed by atoms with E-state index in [1.165, 1.54) is 0 Å². The Morgan fingerprint density at radius 1 is 1.52 bits per heavy atom. The SMILES string of the molecule is CC/C=C\C1[C@@H](O)C(C)(C)N1C1(c2noc(=O)[nH]2)CCC1. The third-order valence-electron chi connectivity index (χ3n) is 5.06. The van der Waals surface area contributed by atoms with Crippen molar-refractivity contribution in [2.75, 3.05) is 0 Å². The third-order valence-corrected chi connectivity index (χ3v) is 5.06. The molecule has 2 fully saturated rings. The predicted molar refractivity (Wildman–Crippen MR) is 77.8 cm³/mol. The van der Waals surface area contributed by atoms with Crippen LogP contribution in [0.4, 0.5) is 0 Å². The molecule has 1 aromatic rings. The highest BCUT2D eigenvalue weighted by molar-refractivity contribution is 5.25. The van der Waals surface area contributed by atoms with E-state index in [2.05, 4.69) is 34.1 Å². The van der Waals surface area contributed by atoms with Gasteiger partial charge in [0.1, 0.15) is 0 Å². The lowest BCUT2D eigenvalue weighted by atomic mass is 9.65. The molecular weight excluding hydrogens is 270 g/mol. The van der Waals surface area contributed by atoms with Crippen LogP contribution in [0.5, 0.6) is 0 Å². The van der Waals surface area contributed by atoms with Crippen LogP contribution in [-0.2, 0) is 5.54 Å². The zero-order valence-electron chi connectivity index (χ0n) is 12.8. The van der Waals surface area contributed by atoms with Gasteiger partial charge in [-0.25, -0.2) is 4.79 Å². The van der Waals surface area contributed by atoms with Gasteiger partial charge in [-0.3, -0.25) is 14.4 Å². The van der Waals surface area contributed by atoms with Crippen LogP contribution in [0.25, 0.3) is 0 Å². The number of aliphatic hydroxyl groups excluding tert-OH is 1. The molecule has 1 aliphatic heterocycles. The third kappa shape index (κ3) is 1.92. The van der Waals surface area contributed by atoms with Crippen LogP contribution in [0, 0.1) is 0 Å². The summed E-state index contributed by atoms with van der Waals surface area (Å²) in [4.78, 5) is 16.3. The fourth-order valence-corrected chi connectivity index (χ4v) is 3.84. The quantitative estimate of drug-likeness (QED) is 0.823. The van der Waals surface area contributed by atoms with Crippen molar-refractivity contribution in [1.29, 1.82) is 0 Å². The van der Waals surface area contributed by atoms with E-state index in [-0.39, 0.29) is 17.1 Å². The number of aromatic nitrogens is 2. The molecule has 3 rings (SSSR count). The number of aliphatic hydroxyl groups is 1. The first kappa shape index (κ1) is 14.5. The molecule has 1 saturated heterocycles. The summed E-state index contributed by atoms with van der Waals surface area (Å²) in [5.74, 6) is 0.0735. The van der Waals surface area contributed by atoms with Gasteiger partial charge < -0.3 is 5.11 Å². The van der Waals surface area contributed by atoms with Crippen molar-refractivity contribution in [3.05, 3.63) is 28.5 Å². The van der Waals surface area contributed by atoms with Gasteiger partial charge in [0.15, 0.2) is 5.82 Å². The molecule has 2 heterocycles. The molecule has 1 aromatic heterocycles. The average Bonchev–Trinajstić information content (AvgIpc) is 2.82. The van der Waals surface area contributed by atoms with Crippen LogP contribution in [-0.4, -0.2) is 37.8 Å². The molecule has 0 spiro atoms. The van der Waals surface area contributed by atoms with E-state index in [9.17, 15) is 9.90 Å². The lowest BCUT2D eigenvalue weighted by Gasteiger charge is -2.67. The zero-order chi connectivity index (χ0) is 15.3. The molecule has 1 aliphatic carbocycles. The molecule has 2 aliphatic rings. The van der Waals surface area contributed by atoms with Gasteiger partial charge in [-0.05, 0) is 39.5 Å². The van der Waals surface area contributed by atoms with E-state index < -0.39 is 11.9 Å². The Bertz CT molecular complexity index is 597. The maximum Gasteiger partial charge on any atom is 0.438 e. The van der Waals surface area contributed by atoms with Gasteiger partial charge in [0.2, 0.25) is 0 Å². The molecule has 21 heavy (non-hydrogen) atoms. The van der Waals surface area contributed by atoms with Gasteiger partial charge in [-0.15, -0.1) is 0 Å². The van der Waals surface area contributed by atoms with Crippen molar-refractivity contribution in [3.8, 4) is 0 Å². The first-order valence-corrected chi connectivity index (χ1v) is 7.64. The standard InChI is InChI=1S/C15H23N3O3/c1-4-5-7-10-11(19)14(2,3)18(10)15(8-6-9-15)12-16-13(20)21-17-12/h5,7,10-11,19H,4,6,8-9H2,1-3H3,(H,16,17,20)/b7-5-/t10?,11-/m1/s1. The summed E-state index contributed by atoms with van der Waals surface area (Å²) in [5.41, 5.74) is -0.670. The minimum Gasteiger partial charge on any atom is -0.389 e. The number of nitrogens with one attached hydrogen (secondary N) is 1. The summed E-state index contributed by atoms with van der Waals surface area (Å²) in [6.45, 7) is 6.14. The number of allylic oxidation sites excluding steroid dienone is 1. The molecule has 0 bridgehead atoms. The summed E-state index contributed by atoms with van der Waals surface area (Å²) in [5, 5.41) is 14.4. The van der Waals surface area contributed by atoms with Crippen molar-refractivity contribution in [1.82, 2.24) is 15.0 Å². The zero-order valence-corrected chi connectivity index (χ0v) is 12.8. The fourth-order valence-electron chi connectivity index (χ4n) is 3.84. The van der Waals surface area contributed by atoms with Crippen molar-refractivity contribution in [2.24, 2.45) is 0 Å². The minimum absolute atomic E-state index is 0.0412. The second-order valence-corrected chi connectivity index (χ2v) is 6.62. The molecule has 1 unspecified atom stereocenters. The lowest BCUT2D eigenvalue weighted by molar-refractivity contribution is -0.226. The molecule has 6 heteroatoms. The highest BCUT2D eigenvalue weighted by atomic mass is 16.5. The Morgan fingerprint density at radius 3 is 2.71 bits per heavy atom. The highest BCUT2D eigenvalue weighted by Crippen LogP contribution is 2.55. The maximum atomic E-state index is 11.3. The average molecular weight is 293 g/mol. The van der Waals surface area contributed by atoms with Crippen LogP contribution in [0.15, 0.2) is 21.5 Å². The van der Waals surface area contributed by atoms with Crippen LogP contribution >= 0.6 is 0 Å². The van der Waals surface area contributed by atoms with Gasteiger partial charge >= 0.3 is 5.76 Å². The highest BCUT2D eigenvalue weighted by Gasteiger charge is 2.63. The first-order valence-electron chi connectivity index (χ1n) is 7.64. The van der Waals surface area contributed by atoms with E-state index in [1.54, 1.807) is 0 Å². The number of nitrogens with zero attached hydrogens (tertiary/aromatic N) is 2. The summed E-state index contributed by atoms with van der Waals surface area (Å²) in [7, 11) is 0. The van der Waals surface area contributed by atoms with Crippen molar-refractivity contribution < 1.29 is 9.63 Å². The lowest BCUT2D eigenvalue weighted by Crippen LogP contribution is -2.79. The van der Waals surface area contributed by atoms with Crippen molar-refractivity contribution >= 4 is 0 Å². The second-order valence-electron chi connectivity index (χ2n) is 6.62. The molecule has 0 aromatic carbocycles. The van der Waals surface area contributed by atoms with Crippen LogP contribution in [0.3, 0.4) is 0 Å². The minimum atomic E-state index is -0.518. The van der Waals surface area contributed by atoms with E-state index in [0.717, 1.165) is 25.7 Å². The van der Waals surface area contributed by atoms with Gasteiger partial charge in [-0.1, -0.05) is 24.2 Å². The smallest absolute Gasteiger partial charge is 0.389 e. The summed E-state index contributed by atoms with van der Waals surface area (Å²) in [6, 6.07) is -0.0412. The first-order chi connectivity index (χ1) is 9.93. The molecule has 116 valence electrons. The second kappa shape index (κ2) is 4.81. The predicted octanol–water partition coefficient (Wildman–Crippen LogP) is 1.53. The number of H-pyrrole nitrogens is 1. The summed E-state index contributed by atoms with van der Waals surface area (Å²) >= 11 is 0. The number of likely N-dealkylation sites (tertiary alicyclic amines) is 1. The summed E-state index contributed by atoms with van der Waals surface area (Å²) < 4.78 is 4.71.